The van der Waals surface area contributed by atoms with Crippen LogP contribution < -0.4 is 10.9 Å². The van der Waals surface area contributed by atoms with Gasteiger partial charge < -0.3 is 15.0 Å². The van der Waals surface area contributed by atoms with E-state index in [0.717, 1.165) is 17.7 Å². The number of piperazine rings is 1. The number of aromatic amines is 1. The molecule has 2 heterocycles. The maximum atomic E-state index is 12.2. The van der Waals surface area contributed by atoms with Gasteiger partial charge in [0.1, 0.15) is 5.82 Å². The van der Waals surface area contributed by atoms with Gasteiger partial charge in [0.2, 0.25) is 5.91 Å². The molecule has 0 saturated carbocycles. The van der Waals surface area contributed by atoms with Gasteiger partial charge in [-0.05, 0) is 17.5 Å². The number of ether oxygens (including phenoxy) is 1. The number of hydrogen-bond donors (Lipinski definition) is 2. The zero-order chi connectivity index (χ0) is 19.4. The Morgan fingerprint density at radius 2 is 2.11 bits per heavy atom. The lowest BCUT2D eigenvalue weighted by Gasteiger charge is -2.37. The summed E-state index contributed by atoms with van der Waals surface area (Å²) in [4.78, 5) is 33.6. The monoisotopic (exact) mass is 370 g/mol. The molecular weight excluding hydrogens is 344 g/mol. The fourth-order valence-electron chi connectivity index (χ4n) is 3.55. The van der Waals surface area contributed by atoms with Crippen LogP contribution in [0.15, 0.2) is 35.1 Å². The van der Waals surface area contributed by atoms with Crippen molar-refractivity contribution in [2.24, 2.45) is 5.92 Å². The molecule has 0 spiro atoms. The number of hydrogen-bond acceptors (Lipinski definition) is 5. The van der Waals surface area contributed by atoms with Crippen molar-refractivity contribution in [2.45, 2.75) is 33.0 Å². The molecule has 7 nitrogen and oxygen atoms in total. The van der Waals surface area contributed by atoms with Gasteiger partial charge in [-0.3, -0.25) is 14.5 Å². The van der Waals surface area contributed by atoms with Gasteiger partial charge in [-0.1, -0.05) is 32.0 Å². The third-order valence-electron chi connectivity index (χ3n) is 4.66. The van der Waals surface area contributed by atoms with Crippen molar-refractivity contribution < 1.29 is 9.53 Å². The number of methoxy groups -OCH3 is 1. The lowest BCUT2D eigenvalue weighted by atomic mass is 9.98. The molecule has 1 saturated heterocycles. The van der Waals surface area contributed by atoms with Crippen molar-refractivity contribution in [1.29, 1.82) is 0 Å². The number of nitrogens with zero attached hydrogens (tertiary/aromatic N) is 2. The summed E-state index contributed by atoms with van der Waals surface area (Å²) in [6, 6.07) is 9.22. The molecule has 0 radical (unpaired) electrons. The molecule has 27 heavy (non-hydrogen) atoms. The minimum absolute atomic E-state index is 0.0886. The van der Waals surface area contributed by atoms with Gasteiger partial charge in [0.05, 0.1) is 18.3 Å². The topological polar surface area (TPSA) is 87.3 Å². The summed E-state index contributed by atoms with van der Waals surface area (Å²) in [5.74, 6) is 0.844. The van der Waals surface area contributed by atoms with E-state index in [9.17, 15) is 9.59 Å². The molecule has 1 amide bonds. The highest BCUT2D eigenvalue weighted by Gasteiger charge is 2.31. The van der Waals surface area contributed by atoms with Crippen LogP contribution in [0.1, 0.15) is 25.1 Å². The SMILES string of the molecule is COCc1cc(=O)[nH]c(-c2cccc(CN3CCNC(=O)[C@@H]3C(C)C)c2)n1. The molecule has 1 fully saturated rings. The van der Waals surface area contributed by atoms with Gasteiger partial charge in [0, 0.05) is 38.4 Å². The molecule has 0 unspecified atom stereocenters. The Morgan fingerprint density at radius 1 is 1.30 bits per heavy atom. The summed E-state index contributed by atoms with van der Waals surface area (Å²) in [6.07, 6.45) is 0. The van der Waals surface area contributed by atoms with Crippen molar-refractivity contribution in [3.05, 3.63) is 51.9 Å². The molecule has 1 aliphatic rings. The number of nitrogens with one attached hydrogen (secondary N) is 2. The van der Waals surface area contributed by atoms with E-state index in [1.165, 1.54) is 6.07 Å². The fraction of sp³-hybridized carbons (Fsp3) is 0.450. The van der Waals surface area contributed by atoms with Gasteiger partial charge >= 0.3 is 0 Å². The van der Waals surface area contributed by atoms with E-state index in [-0.39, 0.29) is 30.0 Å². The Bertz CT molecular complexity index is 862. The van der Waals surface area contributed by atoms with Crippen LogP contribution in [0.2, 0.25) is 0 Å². The quantitative estimate of drug-likeness (QED) is 0.805. The summed E-state index contributed by atoms with van der Waals surface area (Å²) in [5.41, 5.74) is 2.30. The van der Waals surface area contributed by atoms with E-state index >= 15 is 0 Å². The first kappa shape index (κ1) is 19.3. The number of amides is 1. The van der Waals surface area contributed by atoms with Crippen LogP contribution >= 0.6 is 0 Å². The van der Waals surface area contributed by atoms with E-state index in [2.05, 4.69) is 34.0 Å². The maximum Gasteiger partial charge on any atom is 0.251 e. The van der Waals surface area contributed by atoms with Crippen molar-refractivity contribution in [2.75, 3.05) is 20.2 Å². The van der Waals surface area contributed by atoms with E-state index < -0.39 is 0 Å². The number of aromatic nitrogens is 2. The lowest BCUT2D eigenvalue weighted by Crippen LogP contribution is -2.56. The second-order valence-electron chi connectivity index (χ2n) is 7.17. The lowest BCUT2D eigenvalue weighted by molar-refractivity contribution is -0.131. The molecule has 1 aromatic heterocycles. The van der Waals surface area contributed by atoms with Gasteiger partial charge in [-0.15, -0.1) is 0 Å². The summed E-state index contributed by atoms with van der Waals surface area (Å²) in [5, 5.41) is 2.95. The van der Waals surface area contributed by atoms with Crippen molar-refractivity contribution in [3.8, 4) is 11.4 Å². The van der Waals surface area contributed by atoms with E-state index in [4.69, 9.17) is 4.74 Å². The second kappa shape index (κ2) is 8.45. The minimum Gasteiger partial charge on any atom is -0.378 e. The largest absolute Gasteiger partial charge is 0.378 e. The predicted molar refractivity (Wildman–Crippen MR) is 103 cm³/mol. The van der Waals surface area contributed by atoms with Gasteiger partial charge in [-0.25, -0.2) is 4.98 Å². The summed E-state index contributed by atoms with van der Waals surface area (Å²) < 4.78 is 5.08. The van der Waals surface area contributed by atoms with Crippen molar-refractivity contribution in [1.82, 2.24) is 20.2 Å². The average Bonchev–Trinajstić information content (AvgIpc) is 2.61. The number of benzene rings is 1. The number of carbonyl (C=O) groups excluding carboxylic acids is 1. The molecule has 1 aliphatic heterocycles. The first-order valence-corrected chi connectivity index (χ1v) is 9.18. The Balaban J connectivity index is 1.86. The number of rotatable bonds is 6. The molecule has 1 atom stereocenters. The molecule has 0 aliphatic carbocycles. The number of H-pyrrole nitrogens is 1. The third kappa shape index (κ3) is 4.61. The zero-order valence-electron chi connectivity index (χ0n) is 16.0. The van der Waals surface area contributed by atoms with Crippen LogP contribution in [0.3, 0.4) is 0 Å². The minimum atomic E-state index is -0.204. The van der Waals surface area contributed by atoms with Crippen LogP contribution in [0.25, 0.3) is 11.4 Å². The maximum absolute atomic E-state index is 12.2. The molecule has 7 heteroatoms. The highest BCUT2D eigenvalue weighted by atomic mass is 16.5. The predicted octanol–water partition coefficient (Wildman–Crippen LogP) is 1.54. The molecule has 0 bridgehead atoms. The fourth-order valence-corrected chi connectivity index (χ4v) is 3.55. The van der Waals surface area contributed by atoms with Gasteiger partial charge in [-0.2, -0.15) is 0 Å². The zero-order valence-corrected chi connectivity index (χ0v) is 16.0. The first-order valence-electron chi connectivity index (χ1n) is 9.18. The Hall–Kier alpha value is -2.51. The molecule has 2 aromatic rings. The summed E-state index contributed by atoms with van der Waals surface area (Å²) >= 11 is 0. The van der Waals surface area contributed by atoms with Crippen molar-refractivity contribution >= 4 is 5.91 Å². The second-order valence-corrected chi connectivity index (χ2v) is 7.17. The van der Waals surface area contributed by atoms with Crippen LogP contribution in [0, 0.1) is 5.92 Å². The Labute approximate surface area is 158 Å². The highest BCUT2D eigenvalue weighted by molar-refractivity contribution is 5.82. The molecular formula is C20H26N4O3. The third-order valence-corrected chi connectivity index (χ3v) is 4.66. The van der Waals surface area contributed by atoms with Gasteiger partial charge in [0.15, 0.2) is 0 Å². The van der Waals surface area contributed by atoms with Crippen LogP contribution in [-0.2, 0) is 22.7 Å². The molecule has 144 valence electrons. The molecule has 2 N–H and O–H groups in total. The van der Waals surface area contributed by atoms with Crippen molar-refractivity contribution in [3.63, 3.8) is 0 Å². The summed E-state index contributed by atoms with van der Waals surface area (Å²) in [7, 11) is 1.57. The van der Waals surface area contributed by atoms with Crippen LogP contribution in [0.4, 0.5) is 0 Å². The van der Waals surface area contributed by atoms with Crippen LogP contribution in [-0.4, -0.2) is 47.0 Å². The smallest absolute Gasteiger partial charge is 0.251 e. The number of carbonyl (C=O) groups is 1. The van der Waals surface area contributed by atoms with E-state index in [1.807, 2.05) is 24.3 Å². The molecule has 1 aromatic carbocycles. The standard InChI is InChI=1S/C20H26N4O3/c1-13(2)18-20(26)21-7-8-24(18)11-14-5-4-6-15(9-14)19-22-16(12-27-3)10-17(25)23-19/h4-6,9-10,13,18H,7-8,11-12H2,1-3H3,(H,21,26)(H,22,23,25)/t18-/m0/s1. The Morgan fingerprint density at radius 3 is 2.85 bits per heavy atom. The van der Waals surface area contributed by atoms with E-state index in [1.54, 1.807) is 7.11 Å². The van der Waals surface area contributed by atoms with Gasteiger partial charge in [0.25, 0.3) is 5.56 Å². The summed E-state index contributed by atoms with van der Waals surface area (Å²) in [6.45, 7) is 6.57. The normalized spacial score (nSPS) is 17.9. The molecule has 3 rings (SSSR count). The average molecular weight is 370 g/mol. The first-order chi connectivity index (χ1) is 13.0. The van der Waals surface area contributed by atoms with E-state index in [0.29, 0.717) is 24.6 Å². The van der Waals surface area contributed by atoms with Crippen LogP contribution in [0.5, 0.6) is 0 Å². The Kier molecular flexibility index (Phi) is 6.03. The highest BCUT2D eigenvalue weighted by Crippen LogP contribution is 2.21.